The summed E-state index contributed by atoms with van der Waals surface area (Å²) in [6, 6.07) is 5.84. The fourth-order valence-corrected chi connectivity index (χ4v) is 2.56. The van der Waals surface area contributed by atoms with Crippen LogP contribution >= 0.6 is 0 Å². The highest BCUT2D eigenvalue weighted by Gasteiger charge is 2.39. The predicted molar refractivity (Wildman–Crippen MR) is 66.9 cm³/mol. The molecule has 0 aromatic carbocycles. The molecule has 3 rings (SSSR count). The molecular weight excluding hydrogens is 232 g/mol. The van der Waals surface area contributed by atoms with E-state index in [1.54, 1.807) is 7.11 Å². The lowest BCUT2D eigenvalue weighted by Crippen LogP contribution is -2.45. The maximum Gasteiger partial charge on any atom is 0.214 e. The van der Waals surface area contributed by atoms with Crippen LogP contribution in [0.5, 0.6) is 5.88 Å². The minimum atomic E-state index is -0.324. The van der Waals surface area contributed by atoms with Crippen molar-refractivity contribution in [1.82, 2.24) is 4.98 Å². The van der Waals surface area contributed by atoms with E-state index in [9.17, 15) is 0 Å². The molecule has 98 valence electrons. The molecule has 2 aliphatic heterocycles. The Balaban J connectivity index is 1.68. The summed E-state index contributed by atoms with van der Waals surface area (Å²) in [5.41, 5.74) is 0. The first-order chi connectivity index (χ1) is 8.81. The van der Waals surface area contributed by atoms with Crippen molar-refractivity contribution in [3.05, 3.63) is 18.2 Å². The molecule has 1 aromatic heterocycles. The molecule has 0 radical (unpaired) electrons. The Bertz CT molecular complexity index is 408. The summed E-state index contributed by atoms with van der Waals surface area (Å²) in [6.45, 7) is 3.25. The normalized spacial score (nSPS) is 22.4. The van der Waals surface area contributed by atoms with Crippen molar-refractivity contribution in [2.24, 2.45) is 0 Å². The van der Waals surface area contributed by atoms with Crippen molar-refractivity contribution in [3.63, 3.8) is 0 Å². The van der Waals surface area contributed by atoms with Crippen molar-refractivity contribution in [3.8, 4) is 5.88 Å². The first-order valence-electron chi connectivity index (χ1n) is 6.35. The lowest BCUT2D eigenvalue weighted by molar-refractivity contribution is -0.169. The number of piperidine rings is 1. The third kappa shape index (κ3) is 2.15. The van der Waals surface area contributed by atoms with E-state index >= 15 is 0 Å². The maximum atomic E-state index is 5.72. The molecule has 18 heavy (non-hydrogen) atoms. The minimum absolute atomic E-state index is 0.324. The standard InChI is InChI=1S/C13H18N2O3/c1-16-12-4-2-3-11(14-12)15-7-5-13(6-8-15)17-9-10-18-13/h2-4H,5-10H2,1H3. The molecule has 0 N–H and O–H groups in total. The number of hydrogen-bond acceptors (Lipinski definition) is 5. The Labute approximate surface area is 107 Å². The largest absolute Gasteiger partial charge is 0.481 e. The van der Waals surface area contributed by atoms with Gasteiger partial charge in [0.1, 0.15) is 5.82 Å². The zero-order valence-corrected chi connectivity index (χ0v) is 10.6. The number of aromatic nitrogens is 1. The predicted octanol–water partition coefficient (Wildman–Crippen LogP) is 1.43. The summed E-state index contributed by atoms with van der Waals surface area (Å²) in [5.74, 6) is 1.29. The second kappa shape index (κ2) is 4.74. The van der Waals surface area contributed by atoms with Gasteiger partial charge in [0.2, 0.25) is 5.88 Å². The van der Waals surface area contributed by atoms with Crippen LogP contribution < -0.4 is 9.64 Å². The average molecular weight is 250 g/mol. The summed E-state index contributed by atoms with van der Waals surface area (Å²) < 4.78 is 16.6. The Morgan fingerprint density at radius 3 is 2.61 bits per heavy atom. The van der Waals surface area contributed by atoms with Gasteiger partial charge < -0.3 is 19.1 Å². The second-order valence-electron chi connectivity index (χ2n) is 4.63. The van der Waals surface area contributed by atoms with Crippen LogP contribution in [0, 0.1) is 0 Å². The molecule has 2 saturated heterocycles. The lowest BCUT2D eigenvalue weighted by Gasteiger charge is -2.38. The quantitative estimate of drug-likeness (QED) is 0.794. The van der Waals surface area contributed by atoms with Crippen LogP contribution in [0.25, 0.3) is 0 Å². The van der Waals surface area contributed by atoms with E-state index in [1.807, 2.05) is 18.2 Å². The first-order valence-corrected chi connectivity index (χ1v) is 6.35. The fourth-order valence-electron chi connectivity index (χ4n) is 2.56. The summed E-state index contributed by atoms with van der Waals surface area (Å²) >= 11 is 0. The lowest BCUT2D eigenvalue weighted by atomic mass is 10.0. The molecule has 0 bridgehead atoms. The molecule has 0 unspecified atom stereocenters. The zero-order chi connectivity index (χ0) is 12.4. The summed E-state index contributed by atoms with van der Waals surface area (Å²) in [7, 11) is 1.64. The number of anilines is 1. The van der Waals surface area contributed by atoms with Gasteiger partial charge in [0.05, 0.1) is 20.3 Å². The number of nitrogens with zero attached hydrogens (tertiary/aromatic N) is 2. The third-order valence-corrected chi connectivity index (χ3v) is 3.58. The SMILES string of the molecule is COc1cccc(N2CCC3(CC2)OCCO3)n1. The van der Waals surface area contributed by atoms with Crippen LogP contribution in [0.3, 0.4) is 0 Å². The van der Waals surface area contributed by atoms with E-state index in [1.165, 1.54) is 0 Å². The van der Waals surface area contributed by atoms with E-state index in [0.29, 0.717) is 5.88 Å². The molecular formula is C13H18N2O3. The van der Waals surface area contributed by atoms with Crippen LogP contribution in [0.15, 0.2) is 18.2 Å². The van der Waals surface area contributed by atoms with E-state index in [2.05, 4.69) is 9.88 Å². The van der Waals surface area contributed by atoms with Gasteiger partial charge in [-0.25, -0.2) is 0 Å². The Morgan fingerprint density at radius 1 is 1.22 bits per heavy atom. The van der Waals surface area contributed by atoms with Gasteiger partial charge in [0, 0.05) is 32.0 Å². The van der Waals surface area contributed by atoms with E-state index in [-0.39, 0.29) is 5.79 Å². The second-order valence-corrected chi connectivity index (χ2v) is 4.63. The Morgan fingerprint density at radius 2 is 1.94 bits per heavy atom. The fraction of sp³-hybridized carbons (Fsp3) is 0.615. The molecule has 5 heteroatoms. The van der Waals surface area contributed by atoms with Gasteiger partial charge in [-0.1, -0.05) is 6.07 Å². The molecule has 0 saturated carbocycles. The summed E-state index contributed by atoms with van der Waals surface area (Å²) in [4.78, 5) is 6.70. The van der Waals surface area contributed by atoms with Gasteiger partial charge in [-0.2, -0.15) is 4.98 Å². The van der Waals surface area contributed by atoms with Crippen LogP contribution in [-0.4, -0.2) is 44.2 Å². The van der Waals surface area contributed by atoms with Gasteiger partial charge in [-0.3, -0.25) is 0 Å². The maximum absolute atomic E-state index is 5.72. The molecule has 3 heterocycles. The number of hydrogen-bond donors (Lipinski definition) is 0. The highest BCUT2D eigenvalue weighted by Crippen LogP contribution is 2.32. The summed E-state index contributed by atoms with van der Waals surface area (Å²) in [5, 5.41) is 0. The van der Waals surface area contributed by atoms with Gasteiger partial charge >= 0.3 is 0 Å². The smallest absolute Gasteiger partial charge is 0.214 e. The number of ether oxygens (including phenoxy) is 3. The zero-order valence-electron chi connectivity index (χ0n) is 10.6. The third-order valence-electron chi connectivity index (χ3n) is 3.58. The number of rotatable bonds is 2. The number of pyridine rings is 1. The van der Waals surface area contributed by atoms with Crippen molar-refractivity contribution >= 4 is 5.82 Å². The van der Waals surface area contributed by atoms with E-state index in [0.717, 1.165) is 45.0 Å². The van der Waals surface area contributed by atoms with Crippen molar-refractivity contribution in [2.45, 2.75) is 18.6 Å². The molecule has 0 amide bonds. The average Bonchev–Trinajstić information content (AvgIpc) is 2.88. The highest BCUT2D eigenvalue weighted by atomic mass is 16.7. The first kappa shape index (κ1) is 11.7. The van der Waals surface area contributed by atoms with Gasteiger partial charge in [0.15, 0.2) is 5.79 Å². The molecule has 2 aliphatic rings. The summed E-state index contributed by atoms with van der Waals surface area (Å²) in [6.07, 6.45) is 1.79. The molecule has 0 atom stereocenters. The van der Waals surface area contributed by atoms with E-state index in [4.69, 9.17) is 14.2 Å². The van der Waals surface area contributed by atoms with Crippen LogP contribution in [0.4, 0.5) is 5.82 Å². The number of methoxy groups -OCH3 is 1. The molecule has 0 aliphatic carbocycles. The van der Waals surface area contributed by atoms with Gasteiger partial charge in [-0.15, -0.1) is 0 Å². The monoisotopic (exact) mass is 250 g/mol. The molecule has 5 nitrogen and oxygen atoms in total. The van der Waals surface area contributed by atoms with Crippen molar-refractivity contribution < 1.29 is 14.2 Å². The molecule has 1 spiro atoms. The molecule has 2 fully saturated rings. The highest BCUT2D eigenvalue weighted by molar-refractivity contribution is 5.41. The van der Waals surface area contributed by atoms with Gasteiger partial charge in [-0.05, 0) is 6.07 Å². The Kier molecular flexibility index (Phi) is 3.09. The minimum Gasteiger partial charge on any atom is -0.481 e. The van der Waals surface area contributed by atoms with Crippen molar-refractivity contribution in [2.75, 3.05) is 38.3 Å². The Hall–Kier alpha value is -1.33. The van der Waals surface area contributed by atoms with Crippen molar-refractivity contribution in [1.29, 1.82) is 0 Å². The van der Waals surface area contributed by atoms with Crippen LogP contribution in [0.1, 0.15) is 12.8 Å². The van der Waals surface area contributed by atoms with E-state index < -0.39 is 0 Å². The topological polar surface area (TPSA) is 43.8 Å². The van der Waals surface area contributed by atoms with Crippen LogP contribution in [-0.2, 0) is 9.47 Å². The van der Waals surface area contributed by atoms with Crippen LogP contribution in [0.2, 0.25) is 0 Å². The van der Waals surface area contributed by atoms with Gasteiger partial charge in [0.25, 0.3) is 0 Å². The molecule has 1 aromatic rings.